The zero-order chi connectivity index (χ0) is 24.0. The number of nitrogens with zero attached hydrogens (tertiary/aromatic N) is 3. The molecule has 3 aromatic rings. The maximum atomic E-state index is 13.7. The molecule has 2 heterocycles. The van der Waals surface area contributed by atoms with E-state index in [0.717, 1.165) is 51.7 Å². The van der Waals surface area contributed by atoms with Crippen molar-refractivity contribution in [2.24, 2.45) is 5.92 Å². The molecule has 2 fully saturated rings. The summed E-state index contributed by atoms with van der Waals surface area (Å²) in [6.45, 7) is 5.63. The van der Waals surface area contributed by atoms with Gasteiger partial charge in [-0.1, -0.05) is 73.7 Å². The topological polar surface area (TPSA) is 36.4 Å². The van der Waals surface area contributed by atoms with Crippen LogP contribution in [0.1, 0.15) is 60.1 Å². The van der Waals surface area contributed by atoms with E-state index in [4.69, 9.17) is 0 Å². The Morgan fingerprint density at radius 3 is 2.20 bits per heavy atom. The summed E-state index contributed by atoms with van der Waals surface area (Å²) in [5.74, 6) is 1.14. The van der Waals surface area contributed by atoms with Crippen molar-refractivity contribution in [2.45, 2.75) is 57.0 Å². The highest BCUT2D eigenvalue weighted by Crippen LogP contribution is 2.36. The van der Waals surface area contributed by atoms with Gasteiger partial charge in [-0.05, 0) is 80.3 Å². The standard InChI is InChI=1S/C31H37N3O/c1-24(26-12-6-3-7-13-26)23-33-20-17-27(18-21-33)30(22-25-10-4-2-5-11-25)34(28-15-16-28)31(35)29-14-8-9-19-32-29/h2-14,19,24,27-28,30H,15-18,20-23H2,1H3. The van der Waals surface area contributed by atoms with Crippen LogP contribution in [0.3, 0.4) is 0 Å². The summed E-state index contributed by atoms with van der Waals surface area (Å²) in [5, 5.41) is 0. The first kappa shape index (κ1) is 23.7. The van der Waals surface area contributed by atoms with Gasteiger partial charge in [0.1, 0.15) is 5.69 Å². The van der Waals surface area contributed by atoms with Crippen LogP contribution in [0.4, 0.5) is 0 Å². The van der Waals surface area contributed by atoms with Crippen LogP contribution in [0.15, 0.2) is 85.1 Å². The van der Waals surface area contributed by atoms with Gasteiger partial charge in [0.25, 0.3) is 5.91 Å². The van der Waals surface area contributed by atoms with Crippen molar-refractivity contribution in [1.29, 1.82) is 0 Å². The molecule has 1 aromatic heterocycles. The Bertz CT molecular complexity index is 1060. The first-order chi connectivity index (χ1) is 17.2. The minimum Gasteiger partial charge on any atom is -0.331 e. The lowest BCUT2D eigenvalue weighted by atomic mass is 9.84. The molecule has 4 nitrogen and oxygen atoms in total. The van der Waals surface area contributed by atoms with E-state index in [0.29, 0.717) is 23.6 Å². The molecule has 2 atom stereocenters. The third-order valence-corrected chi connectivity index (χ3v) is 7.78. The molecular formula is C31H37N3O. The van der Waals surface area contributed by atoms with Crippen molar-refractivity contribution in [3.8, 4) is 0 Å². The lowest BCUT2D eigenvalue weighted by Gasteiger charge is -2.42. The van der Waals surface area contributed by atoms with Gasteiger partial charge in [-0.25, -0.2) is 0 Å². The number of hydrogen-bond acceptors (Lipinski definition) is 3. The number of carbonyl (C=O) groups is 1. The van der Waals surface area contributed by atoms with Crippen molar-refractivity contribution < 1.29 is 4.79 Å². The molecule has 2 aromatic carbocycles. The quantitative estimate of drug-likeness (QED) is 0.398. The first-order valence-electron chi connectivity index (χ1n) is 13.2. The number of piperidine rings is 1. The Morgan fingerprint density at radius 1 is 0.914 bits per heavy atom. The normalized spacial score (nSPS) is 18.7. The van der Waals surface area contributed by atoms with E-state index in [9.17, 15) is 4.79 Å². The fraction of sp³-hybridized carbons (Fsp3) is 0.419. The summed E-state index contributed by atoms with van der Waals surface area (Å²) >= 11 is 0. The highest BCUT2D eigenvalue weighted by Gasteiger charge is 2.42. The van der Waals surface area contributed by atoms with E-state index in [-0.39, 0.29) is 11.9 Å². The molecule has 0 spiro atoms. The Labute approximate surface area is 210 Å². The second-order valence-electron chi connectivity index (χ2n) is 10.4. The molecule has 4 heteroatoms. The number of carbonyl (C=O) groups excluding carboxylic acids is 1. The second-order valence-corrected chi connectivity index (χ2v) is 10.4. The monoisotopic (exact) mass is 467 g/mol. The maximum Gasteiger partial charge on any atom is 0.272 e. The molecule has 35 heavy (non-hydrogen) atoms. The highest BCUT2D eigenvalue weighted by molar-refractivity contribution is 5.93. The minimum atomic E-state index is 0.106. The SMILES string of the molecule is CC(CN1CCC(C(Cc2ccccc2)N(C(=O)c2ccccn2)C2CC2)CC1)c1ccccc1. The minimum absolute atomic E-state index is 0.106. The number of rotatable bonds is 9. The molecular weight excluding hydrogens is 430 g/mol. The number of pyridine rings is 1. The van der Waals surface area contributed by atoms with E-state index in [1.807, 2.05) is 18.2 Å². The molecule has 1 aliphatic carbocycles. The summed E-state index contributed by atoms with van der Waals surface area (Å²) in [6, 6.07) is 27.8. The molecule has 0 bridgehead atoms. The summed E-state index contributed by atoms with van der Waals surface area (Å²) in [7, 11) is 0. The van der Waals surface area contributed by atoms with Gasteiger partial charge in [0.15, 0.2) is 0 Å². The average molecular weight is 468 g/mol. The molecule has 2 aliphatic rings. The number of amides is 1. The zero-order valence-corrected chi connectivity index (χ0v) is 20.8. The van der Waals surface area contributed by atoms with Crippen LogP contribution in [0.2, 0.25) is 0 Å². The Balaban J connectivity index is 1.31. The van der Waals surface area contributed by atoms with Crippen LogP contribution < -0.4 is 0 Å². The van der Waals surface area contributed by atoms with Crippen LogP contribution in [-0.2, 0) is 6.42 Å². The van der Waals surface area contributed by atoms with E-state index in [2.05, 4.69) is 82.4 Å². The fourth-order valence-electron chi connectivity index (χ4n) is 5.70. The number of hydrogen-bond donors (Lipinski definition) is 0. The Kier molecular flexibility index (Phi) is 7.58. The van der Waals surface area contributed by atoms with Gasteiger partial charge in [0, 0.05) is 24.8 Å². The lowest BCUT2D eigenvalue weighted by Crippen LogP contribution is -2.50. The number of aromatic nitrogens is 1. The predicted molar refractivity (Wildman–Crippen MR) is 141 cm³/mol. The van der Waals surface area contributed by atoms with E-state index in [1.165, 1.54) is 11.1 Å². The fourth-order valence-corrected chi connectivity index (χ4v) is 5.70. The van der Waals surface area contributed by atoms with E-state index < -0.39 is 0 Å². The number of likely N-dealkylation sites (tertiary alicyclic amines) is 1. The Morgan fingerprint density at radius 2 is 1.57 bits per heavy atom. The third kappa shape index (κ3) is 5.99. The van der Waals surface area contributed by atoms with Crippen molar-refractivity contribution >= 4 is 5.91 Å². The average Bonchev–Trinajstić information content (AvgIpc) is 3.75. The molecule has 182 valence electrons. The van der Waals surface area contributed by atoms with Gasteiger partial charge < -0.3 is 9.80 Å². The van der Waals surface area contributed by atoms with E-state index >= 15 is 0 Å². The van der Waals surface area contributed by atoms with Gasteiger partial charge in [0.2, 0.25) is 0 Å². The van der Waals surface area contributed by atoms with Crippen LogP contribution in [-0.4, -0.2) is 52.4 Å². The molecule has 1 saturated carbocycles. The van der Waals surface area contributed by atoms with Crippen molar-refractivity contribution in [3.63, 3.8) is 0 Å². The molecule has 1 saturated heterocycles. The number of benzene rings is 2. The van der Waals surface area contributed by atoms with Gasteiger partial charge in [-0.2, -0.15) is 0 Å². The van der Waals surface area contributed by atoms with E-state index in [1.54, 1.807) is 6.20 Å². The lowest BCUT2D eigenvalue weighted by molar-refractivity contribution is 0.0479. The molecule has 0 radical (unpaired) electrons. The molecule has 1 aliphatic heterocycles. The van der Waals surface area contributed by atoms with Gasteiger partial charge >= 0.3 is 0 Å². The van der Waals surface area contributed by atoms with Crippen LogP contribution in [0, 0.1) is 5.92 Å². The van der Waals surface area contributed by atoms with Crippen molar-refractivity contribution in [3.05, 3.63) is 102 Å². The van der Waals surface area contributed by atoms with Crippen molar-refractivity contribution in [1.82, 2.24) is 14.8 Å². The van der Waals surface area contributed by atoms with Crippen LogP contribution >= 0.6 is 0 Å². The zero-order valence-electron chi connectivity index (χ0n) is 20.8. The molecule has 5 rings (SSSR count). The van der Waals surface area contributed by atoms with Crippen LogP contribution in [0.5, 0.6) is 0 Å². The predicted octanol–water partition coefficient (Wildman–Crippen LogP) is 5.81. The second kappa shape index (κ2) is 11.2. The molecule has 1 amide bonds. The highest BCUT2D eigenvalue weighted by atomic mass is 16.2. The van der Waals surface area contributed by atoms with Gasteiger partial charge in [-0.3, -0.25) is 9.78 Å². The largest absolute Gasteiger partial charge is 0.331 e. The van der Waals surface area contributed by atoms with Gasteiger partial charge in [0.05, 0.1) is 0 Å². The summed E-state index contributed by atoms with van der Waals surface area (Å²) < 4.78 is 0. The maximum absolute atomic E-state index is 13.7. The third-order valence-electron chi connectivity index (χ3n) is 7.78. The summed E-state index contributed by atoms with van der Waals surface area (Å²) in [6.07, 6.45) is 7.14. The molecule has 2 unspecified atom stereocenters. The molecule has 0 N–H and O–H groups in total. The van der Waals surface area contributed by atoms with Crippen LogP contribution in [0.25, 0.3) is 0 Å². The van der Waals surface area contributed by atoms with Gasteiger partial charge in [-0.15, -0.1) is 0 Å². The smallest absolute Gasteiger partial charge is 0.272 e. The first-order valence-corrected chi connectivity index (χ1v) is 13.2. The summed E-state index contributed by atoms with van der Waals surface area (Å²) in [4.78, 5) is 23.0. The van der Waals surface area contributed by atoms with Crippen molar-refractivity contribution in [2.75, 3.05) is 19.6 Å². The summed E-state index contributed by atoms with van der Waals surface area (Å²) in [5.41, 5.74) is 3.31. The Hall–Kier alpha value is -2.98.